The molecule has 2 N–H and O–H groups in total. The monoisotopic (exact) mass is 314 g/mol. The highest BCUT2D eigenvalue weighted by molar-refractivity contribution is 7.89. The number of benzene rings is 1. The Morgan fingerprint density at radius 2 is 1.81 bits per heavy atom. The smallest absolute Gasteiger partial charge is 0.241 e. The van der Waals surface area contributed by atoms with Gasteiger partial charge in [0, 0.05) is 32.0 Å². The highest BCUT2D eigenvalue weighted by Crippen LogP contribution is 2.24. The summed E-state index contributed by atoms with van der Waals surface area (Å²) in [5.74, 6) is 0. The van der Waals surface area contributed by atoms with E-state index in [0.29, 0.717) is 17.9 Å². The number of hydrogen-bond acceptors (Lipinski definition) is 4. The highest BCUT2D eigenvalue weighted by Gasteiger charge is 2.22. The maximum Gasteiger partial charge on any atom is 0.241 e. The summed E-state index contributed by atoms with van der Waals surface area (Å²) in [6, 6.07) is 3.57. The summed E-state index contributed by atoms with van der Waals surface area (Å²) in [4.78, 5) is 0.369. The first-order chi connectivity index (χ1) is 9.81. The van der Waals surface area contributed by atoms with Crippen LogP contribution in [0.25, 0.3) is 0 Å². The zero-order valence-electron chi connectivity index (χ0n) is 13.5. The van der Waals surface area contributed by atoms with Crippen molar-refractivity contribution < 1.29 is 13.2 Å². The third-order valence-corrected chi connectivity index (χ3v) is 5.12. The quantitative estimate of drug-likeness (QED) is 0.773. The van der Waals surface area contributed by atoms with Gasteiger partial charge in [-0.05, 0) is 57.4 Å². The summed E-state index contributed by atoms with van der Waals surface area (Å²) >= 11 is 0. The Morgan fingerprint density at radius 1 is 1.24 bits per heavy atom. The number of sulfonamides is 1. The van der Waals surface area contributed by atoms with Crippen LogP contribution in [0, 0.1) is 13.8 Å². The van der Waals surface area contributed by atoms with E-state index in [1.165, 1.54) is 0 Å². The average Bonchev–Trinajstić information content (AvgIpc) is 2.34. The van der Waals surface area contributed by atoms with E-state index in [9.17, 15) is 8.42 Å². The summed E-state index contributed by atoms with van der Waals surface area (Å²) in [6.07, 6.45) is 0.642. The number of nitrogens with one attached hydrogen (secondary N) is 2. The van der Waals surface area contributed by atoms with E-state index in [1.807, 2.05) is 39.8 Å². The first kappa shape index (κ1) is 17.9. The predicted molar refractivity (Wildman–Crippen MR) is 86.4 cm³/mol. The molecule has 0 aliphatic rings. The Morgan fingerprint density at radius 3 is 2.29 bits per heavy atom. The van der Waals surface area contributed by atoms with Crippen LogP contribution in [0.1, 0.15) is 31.4 Å². The van der Waals surface area contributed by atoms with Gasteiger partial charge < -0.3 is 10.1 Å². The number of ether oxygens (including phenoxy) is 1. The molecule has 0 spiro atoms. The van der Waals surface area contributed by atoms with Crippen molar-refractivity contribution in [1.29, 1.82) is 0 Å². The van der Waals surface area contributed by atoms with Gasteiger partial charge in [-0.2, -0.15) is 0 Å². The van der Waals surface area contributed by atoms with Crippen molar-refractivity contribution in [2.75, 3.05) is 25.6 Å². The van der Waals surface area contributed by atoms with Crippen LogP contribution in [-0.4, -0.2) is 34.7 Å². The average molecular weight is 314 g/mol. The maximum absolute atomic E-state index is 12.5. The molecule has 1 aromatic carbocycles. The Hall–Kier alpha value is -1.11. The molecule has 0 amide bonds. The molecule has 0 saturated heterocycles. The van der Waals surface area contributed by atoms with Crippen molar-refractivity contribution in [3.63, 3.8) is 0 Å². The van der Waals surface area contributed by atoms with Gasteiger partial charge in [0.15, 0.2) is 0 Å². The van der Waals surface area contributed by atoms with Crippen LogP contribution in [0.3, 0.4) is 0 Å². The minimum atomic E-state index is -3.52. The zero-order valence-corrected chi connectivity index (χ0v) is 14.3. The van der Waals surface area contributed by atoms with E-state index in [0.717, 1.165) is 23.4 Å². The van der Waals surface area contributed by atoms with Gasteiger partial charge in [-0.1, -0.05) is 0 Å². The molecule has 0 aromatic heterocycles. The molecule has 5 nitrogen and oxygen atoms in total. The Labute approximate surface area is 128 Å². The lowest BCUT2D eigenvalue weighted by Crippen LogP contribution is -2.34. The Bertz CT molecular complexity index is 547. The van der Waals surface area contributed by atoms with Crippen molar-refractivity contribution in [2.24, 2.45) is 0 Å². The lowest BCUT2D eigenvalue weighted by atomic mass is 10.1. The van der Waals surface area contributed by atoms with Crippen LogP contribution in [0.15, 0.2) is 17.0 Å². The number of anilines is 1. The highest BCUT2D eigenvalue weighted by atomic mass is 32.2. The fourth-order valence-corrected chi connectivity index (χ4v) is 4.09. The molecular formula is C15H26N2O3S. The van der Waals surface area contributed by atoms with Gasteiger partial charge in [-0.3, -0.25) is 0 Å². The molecule has 0 bridgehead atoms. The fraction of sp³-hybridized carbons (Fsp3) is 0.600. The molecule has 1 unspecified atom stereocenters. The van der Waals surface area contributed by atoms with Crippen molar-refractivity contribution >= 4 is 15.7 Å². The minimum Gasteiger partial charge on any atom is -0.385 e. The van der Waals surface area contributed by atoms with Crippen LogP contribution >= 0.6 is 0 Å². The first-order valence-corrected chi connectivity index (χ1v) is 8.66. The normalized spacial score (nSPS) is 13.2. The maximum atomic E-state index is 12.5. The van der Waals surface area contributed by atoms with Crippen LogP contribution in [0.2, 0.25) is 0 Å². The van der Waals surface area contributed by atoms with Crippen molar-refractivity contribution in [3.8, 4) is 0 Å². The van der Waals surface area contributed by atoms with Gasteiger partial charge in [0.2, 0.25) is 10.0 Å². The summed E-state index contributed by atoms with van der Waals surface area (Å²) in [5, 5.41) is 3.20. The SMILES string of the molecule is CCNc1cc(C)c(S(=O)(=O)NC(C)CCOC)c(C)c1. The van der Waals surface area contributed by atoms with E-state index < -0.39 is 10.0 Å². The van der Waals surface area contributed by atoms with E-state index in [1.54, 1.807) is 7.11 Å². The summed E-state index contributed by atoms with van der Waals surface area (Å²) in [5.41, 5.74) is 2.44. The minimum absolute atomic E-state index is 0.165. The van der Waals surface area contributed by atoms with E-state index >= 15 is 0 Å². The number of hydrogen-bond donors (Lipinski definition) is 2. The van der Waals surface area contributed by atoms with Crippen LogP contribution in [0.4, 0.5) is 5.69 Å². The molecule has 1 atom stereocenters. The molecule has 6 heteroatoms. The standard InChI is InChI=1S/C15H26N2O3S/c1-6-16-14-9-11(2)15(12(3)10-14)21(18,19)17-13(4)7-8-20-5/h9-10,13,16-17H,6-8H2,1-5H3. The molecule has 0 aliphatic carbocycles. The van der Waals surface area contributed by atoms with Crippen LogP contribution < -0.4 is 10.0 Å². The second-order valence-electron chi connectivity index (χ2n) is 5.27. The van der Waals surface area contributed by atoms with E-state index in [-0.39, 0.29) is 6.04 Å². The van der Waals surface area contributed by atoms with Crippen LogP contribution in [-0.2, 0) is 14.8 Å². The van der Waals surface area contributed by atoms with Crippen molar-refractivity contribution in [3.05, 3.63) is 23.3 Å². The van der Waals surface area contributed by atoms with Gasteiger partial charge in [-0.25, -0.2) is 13.1 Å². The third kappa shape index (κ3) is 4.98. The molecule has 21 heavy (non-hydrogen) atoms. The lowest BCUT2D eigenvalue weighted by Gasteiger charge is -2.18. The van der Waals surface area contributed by atoms with Gasteiger partial charge in [0.25, 0.3) is 0 Å². The summed E-state index contributed by atoms with van der Waals surface area (Å²) in [7, 11) is -1.91. The van der Waals surface area contributed by atoms with Gasteiger partial charge in [0.05, 0.1) is 4.90 Å². The molecule has 0 saturated carbocycles. The number of rotatable bonds is 8. The van der Waals surface area contributed by atoms with Gasteiger partial charge in [0.1, 0.15) is 0 Å². The molecular weight excluding hydrogens is 288 g/mol. The molecule has 0 heterocycles. The fourth-order valence-electron chi connectivity index (χ4n) is 2.36. The third-order valence-electron chi connectivity index (χ3n) is 3.22. The summed E-state index contributed by atoms with van der Waals surface area (Å²) in [6.45, 7) is 8.82. The Kier molecular flexibility index (Phi) is 6.64. The molecule has 0 fully saturated rings. The van der Waals surface area contributed by atoms with E-state index in [4.69, 9.17) is 4.74 Å². The molecule has 1 rings (SSSR count). The van der Waals surface area contributed by atoms with Crippen molar-refractivity contribution in [1.82, 2.24) is 4.72 Å². The molecule has 0 aliphatic heterocycles. The number of methoxy groups -OCH3 is 1. The second kappa shape index (κ2) is 7.77. The second-order valence-corrected chi connectivity index (χ2v) is 6.92. The van der Waals surface area contributed by atoms with Gasteiger partial charge in [-0.15, -0.1) is 0 Å². The molecule has 0 radical (unpaired) electrons. The lowest BCUT2D eigenvalue weighted by molar-refractivity contribution is 0.188. The first-order valence-electron chi connectivity index (χ1n) is 7.18. The zero-order chi connectivity index (χ0) is 16.0. The summed E-state index contributed by atoms with van der Waals surface area (Å²) < 4.78 is 32.8. The number of aryl methyl sites for hydroxylation is 2. The largest absolute Gasteiger partial charge is 0.385 e. The predicted octanol–water partition coefficient (Wildman–Crippen LogP) is 2.44. The topological polar surface area (TPSA) is 67.4 Å². The Balaban J connectivity index is 3.03. The van der Waals surface area contributed by atoms with Gasteiger partial charge >= 0.3 is 0 Å². The van der Waals surface area contributed by atoms with Crippen LogP contribution in [0.5, 0.6) is 0 Å². The van der Waals surface area contributed by atoms with Crippen molar-refractivity contribution in [2.45, 2.75) is 45.1 Å². The molecule has 1 aromatic rings. The molecule has 120 valence electrons. The van der Waals surface area contributed by atoms with E-state index in [2.05, 4.69) is 10.0 Å².